The number of likely N-dealkylation sites (tertiary alicyclic amines) is 1. The number of hydrogen-bond donors (Lipinski definition) is 7. The molecule has 0 aromatic heterocycles. The molecule has 0 bridgehead atoms. The average molecular weight is 500 g/mol. The molecular formula is C21H37N7O7. The number of carbonyl (C=O) groups is 5. The maximum atomic E-state index is 13.0. The van der Waals surface area contributed by atoms with Crippen LogP contribution in [0.2, 0.25) is 0 Å². The number of hydrogen-bond acceptors (Lipinski definition) is 7. The molecule has 1 saturated heterocycles. The number of aliphatic carboxylic acids is 2. The molecule has 35 heavy (non-hydrogen) atoms. The molecule has 3 amide bonds. The lowest BCUT2D eigenvalue weighted by Gasteiger charge is -2.28. The van der Waals surface area contributed by atoms with Gasteiger partial charge in [-0.1, -0.05) is 13.8 Å². The number of amides is 3. The molecule has 1 aliphatic rings. The van der Waals surface area contributed by atoms with Gasteiger partial charge in [-0.05, 0) is 38.0 Å². The predicted octanol–water partition coefficient (Wildman–Crippen LogP) is -2.07. The van der Waals surface area contributed by atoms with Crippen molar-refractivity contribution in [2.24, 2.45) is 28.1 Å². The first kappa shape index (κ1) is 29.6. The van der Waals surface area contributed by atoms with Crippen molar-refractivity contribution in [2.45, 2.75) is 76.5 Å². The molecule has 14 nitrogen and oxygen atoms in total. The van der Waals surface area contributed by atoms with Crippen molar-refractivity contribution >= 4 is 35.6 Å². The molecule has 10 N–H and O–H groups in total. The zero-order chi connectivity index (χ0) is 26.7. The van der Waals surface area contributed by atoms with Crippen LogP contribution >= 0.6 is 0 Å². The SMILES string of the molecule is CC(C)CC(N)C(=O)NC(CCCN=C(N)N)C(=O)NC(CC(=O)O)C(=O)N1CCCC1C(=O)O. The summed E-state index contributed by atoms with van der Waals surface area (Å²) in [6.07, 6.45) is 0.660. The number of carboxylic acids is 2. The number of nitrogens with two attached hydrogens (primary N) is 3. The van der Waals surface area contributed by atoms with Crippen molar-refractivity contribution in [3.63, 3.8) is 0 Å². The summed E-state index contributed by atoms with van der Waals surface area (Å²) in [6.45, 7) is 4.07. The second-order valence-corrected chi connectivity index (χ2v) is 8.93. The topological polar surface area (TPSA) is 244 Å². The molecule has 14 heteroatoms. The summed E-state index contributed by atoms with van der Waals surface area (Å²) >= 11 is 0. The van der Waals surface area contributed by atoms with E-state index in [9.17, 15) is 34.2 Å². The summed E-state index contributed by atoms with van der Waals surface area (Å²) in [6, 6.07) is -4.63. The van der Waals surface area contributed by atoms with E-state index in [1.165, 1.54) is 0 Å². The zero-order valence-electron chi connectivity index (χ0n) is 20.1. The zero-order valence-corrected chi connectivity index (χ0v) is 20.1. The smallest absolute Gasteiger partial charge is 0.326 e. The van der Waals surface area contributed by atoms with E-state index in [1.807, 2.05) is 13.8 Å². The molecule has 0 aromatic rings. The fourth-order valence-electron chi connectivity index (χ4n) is 3.80. The second-order valence-electron chi connectivity index (χ2n) is 8.93. The van der Waals surface area contributed by atoms with E-state index in [4.69, 9.17) is 17.2 Å². The fourth-order valence-corrected chi connectivity index (χ4v) is 3.80. The van der Waals surface area contributed by atoms with Gasteiger partial charge in [0.25, 0.3) is 0 Å². The maximum Gasteiger partial charge on any atom is 0.326 e. The Morgan fingerprint density at radius 1 is 1.06 bits per heavy atom. The first-order chi connectivity index (χ1) is 16.3. The van der Waals surface area contributed by atoms with Gasteiger partial charge in [-0.15, -0.1) is 0 Å². The molecule has 4 unspecified atom stereocenters. The third-order valence-corrected chi connectivity index (χ3v) is 5.45. The largest absolute Gasteiger partial charge is 0.481 e. The summed E-state index contributed by atoms with van der Waals surface area (Å²) in [5.41, 5.74) is 16.5. The second kappa shape index (κ2) is 14.1. The normalized spacial score (nSPS) is 17.8. The lowest BCUT2D eigenvalue weighted by molar-refractivity contribution is -0.150. The summed E-state index contributed by atoms with van der Waals surface area (Å²) in [7, 11) is 0. The van der Waals surface area contributed by atoms with E-state index in [0.29, 0.717) is 19.3 Å². The van der Waals surface area contributed by atoms with Gasteiger partial charge in [-0.2, -0.15) is 0 Å². The van der Waals surface area contributed by atoms with Crippen LogP contribution in [0.15, 0.2) is 4.99 Å². The van der Waals surface area contributed by atoms with Crippen molar-refractivity contribution in [3.8, 4) is 0 Å². The molecule has 0 aliphatic carbocycles. The van der Waals surface area contributed by atoms with Crippen molar-refractivity contribution < 1.29 is 34.2 Å². The van der Waals surface area contributed by atoms with Gasteiger partial charge in [0.15, 0.2) is 5.96 Å². The molecule has 4 atom stereocenters. The monoisotopic (exact) mass is 499 g/mol. The Labute approximate surface area is 203 Å². The summed E-state index contributed by atoms with van der Waals surface area (Å²) in [5, 5.41) is 23.5. The van der Waals surface area contributed by atoms with E-state index in [2.05, 4.69) is 15.6 Å². The predicted molar refractivity (Wildman–Crippen MR) is 126 cm³/mol. The summed E-state index contributed by atoms with van der Waals surface area (Å²) in [4.78, 5) is 66.3. The number of aliphatic imine (C=N–C) groups is 1. The Morgan fingerprint density at radius 2 is 1.69 bits per heavy atom. The van der Waals surface area contributed by atoms with Crippen LogP contribution in [0, 0.1) is 5.92 Å². The molecule has 0 spiro atoms. The van der Waals surface area contributed by atoms with Crippen LogP contribution in [-0.2, 0) is 24.0 Å². The fraction of sp³-hybridized carbons (Fsp3) is 0.714. The van der Waals surface area contributed by atoms with Gasteiger partial charge >= 0.3 is 11.9 Å². The van der Waals surface area contributed by atoms with Gasteiger partial charge in [-0.3, -0.25) is 24.2 Å². The first-order valence-electron chi connectivity index (χ1n) is 11.5. The van der Waals surface area contributed by atoms with Gasteiger partial charge in [-0.25, -0.2) is 4.79 Å². The Bertz CT molecular complexity index is 814. The van der Waals surface area contributed by atoms with Crippen LogP contribution in [0.25, 0.3) is 0 Å². The minimum atomic E-state index is -1.51. The van der Waals surface area contributed by atoms with Gasteiger partial charge in [0, 0.05) is 13.1 Å². The molecule has 0 aromatic carbocycles. The molecule has 1 aliphatic heterocycles. The van der Waals surface area contributed by atoms with Crippen LogP contribution in [0.5, 0.6) is 0 Å². The Morgan fingerprint density at radius 3 is 2.23 bits per heavy atom. The Hall–Kier alpha value is -3.42. The van der Waals surface area contributed by atoms with E-state index < -0.39 is 60.2 Å². The van der Waals surface area contributed by atoms with E-state index in [0.717, 1.165) is 4.90 Å². The molecule has 0 saturated carbocycles. The number of carboxylic acid groups (broad SMARTS) is 2. The molecule has 1 heterocycles. The number of guanidine groups is 1. The third kappa shape index (κ3) is 10.2. The van der Waals surface area contributed by atoms with Gasteiger partial charge in [0.1, 0.15) is 18.1 Å². The van der Waals surface area contributed by atoms with Gasteiger partial charge in [0.05, 0.1) is 12.5 Å². The van der Waals surface area contributed by atoms with Gasteiger partial charge in [0.2, 0.25) is 17.7 Å². The third-order valence-electron chi connectivity index (χ3n) is 5.45. The average Bonchev–Trinajstić information content (AvgIpc) is 3.23. The highest BCUT2D eigenvalue weighted by atomic mass is 16.4. The molecular weight excluding hydrogens is 462 g/mol. The summed E-state index contributed by atoms with van der Waals surface area (Å²) in [5.74, 6) is -4.77. The highest BCUT2D eigenvalue weighted by molar-refractivity contribution is 5.95. The maximum absolute atomic E-state index is 13.0. The lowest BCUT2D eigenvalue weighted by atomic mass is 10.0. The standard InChI is InChI=1S/C21H37N7O7/c1-11(2)9-12(22)17(31)26-13(5-3-7-25-21(23)24)18(32)27-14(10-16(29)30)19(33)28-8-4-6-15(28)20(34)35/h11-15H,3-10,22H2,1-2H3,(H,26,31)(H,27,32)(H,29,30)(H,34,35)(H4,23,24,25). The molecule has 1 fully saturated rings. The van der Waals surface area contributed by atoms with Crippen LogP contribution < -0.4 is 27.8 Å². The minimum absolute atomic E-state index is 0.0815. The molecule has 0 radical (unpaired) electrons. The lowest BCUT2D eigenvalue weighted by Crippen LogP contribution is -2.57. The molecule has 198 valence electrons. The van der Waals surface area contributed by atoms with Gasteiger partial charge < -0.3 is 42.9 Å². The van der Waals surface area contributed by atoms with Crippen molar-refractivity contribution in [2.75, 3.05) is 13.1 Å². The van der Waals surface area contributed by atoms with Crippen LogP contribution in [0.1, 0.15) is 52.4 Å². The highest BCUT2D eigenvalue weighted by Crippen LogP contribution is 2.19. The van der Waals surface area contributed by atoms with Crippen LogP contribution in [0.3, 0.4) is 0 Å². The summed E-state index contributed by atoms with van der Waals surface area (Å²) < 4.78 is 0. The minimum Gasteiger partial charge on any atom is -0.481 e. The Kier molecular flexibility index (Phi) is 11.9. The van der Waals surface area contributed by atoms with Crippen molar-refractivity contribution in [1.82, 2.24) is 15.5 Å². The number of nitrogens with one attached hydrogen (secondary N) is 2. The Balaban J connectivity index is 3.03. The van der Waals surface area contributed by atoms with Crippen molar-refractivity contribution in [1.29, 1.82) is 0 Å². The first-order valence-corrected chi connectivity index (χ1v) is 11.5. The highest BCUT2D eigenvalue weighted by Gasteiger charge is 2.39. The number of rotatable bonds is 14. The van der Waals surface area contributed by atoms with Crippen LogP contribution in [-0.4, -0.2) is 88.0 Å². The van der Waals surface area contributed by atoms with E-state index in [-0.39, 0.29) is 37.8 Å². The van der Waals surface area contributed by atoms with E-state index in [1.54, 1.807) is 0 Å². The molecule has 1 rings (SSSR count). The van der Waals surface area contributed by atoms with Crippen molar-refractivity contribution in [3.05, 3.63) is 0 Å². The van der Waals surface area contributed by atoms with Crippen LogP contribution in [0.4, 0.5) is 0 Å². The van der Waals surface area contributed by atoms with E-state index >= 15 is 0 Å². The number of carbonyl (C=O) groups excluding carboxylic acids is 3. The quantitative estimate of drug-likeness (QED) is 0.0781. The number of nitrogens with zero attached hydrogens (tertiary/aromatic N) is 2.